The van der Waals surface area contributed by atoms with Gasteiger partial charge in [-0.15, -0.1) is 10.2 Å². The molecule has 1 atom stereocenters. The number of ketones is 1. The second-order valence-electron chi connectivity index (χ2n) is 5.62. The molecule has 2 aromatic rings. The number of carbonyl (C=O) groups excluding carboxylic acids is 1. The molecular formula is C17H22N4O2S. The number of rotatable bonds is 6. The third kappa shape index (κ3) is 3.62. The standard InChI is InChI=1S/C17H22N4O2S/c1-3-21-16(20-9-11-23-12-10-20)18-19-17(21)24-13(2)15(22)14-7-5-4-6-8-14/h4-8,13H,3,9-12H2,1-2H3. The van der Waals surface area contributed by atoms with Gasteiger partial charge in [-0.25, -0.2) is 0 Å². The normalized spacial score (nSPS) is 16.2. The van der Waals surface area contributed by atoms with Gasteiger partial charge in [-0.3, -0.25) is 9.36 Å². The van der Waals surface area contributed by atoms with Crippen molar-refractivity contribution < 1.29 is 9.53 Å². The first-order chi connectivity index (χ1) is 11.7. The molecule has 0 bridgehead atoms. The second-order valence-corrected chi connectivity index (χ2v) is 6.92. The van der Waals surface area contributed by atoms with Crippen LogP contribution < -0.4 is 4.90 Å². The maximum Gasteiger partial charge on any atom is 0.228 e. The Balaban J connectivity index is 1.75. The van der Waals surface area contributed by atoms with Gasteiger partial charge in [0.05, 0.1) is 18.5 Å². The molecule has 1 aliphatic rings. The number of benzene rings is 1. The lowest BCUT2D eigenvalue weighted by Gasteiger charge is -2.27. The zero-order chi connectivity index (χ0) is 16.9. The highest BCUT2D eigenvalue weighted by molar-refractivity contribution is 8.00. The summed E-state index contributed by atoms with van der Waals surface area (Å²) in [7, 11) is 0. The van der Waals surface area contributed by atoms with Crippen LogP contribution in [0.3, 0.4) is 0 Å². The van der Waals surface area contributed by atoms with Gasteiger partial charge in [-0.1, -0.05) is 42.1 Å². The van der Waals surface area contributed by atoms with Crippen LogP contribution in [0.2, 0.25) is 0 Å². The molecule has 0 spiro atoms. The molecule has 1 aliphatic heterocycles. The molecule has 0 N–H and O–H groups in total. The zero-order valence-electron chi connectivity index (χ0n) is 14.0. The van der Waals surface area contributed by atoms with E-state index in [0.29, 0.717) is 13.2 Å². The molecule has 0 saturated carbocycles. The van der Waals surface area contributed by atoms with Crippen molar-refractivity contribution >= 4 is 23.5 Å². The van der Waals surface area contributed by atoms with E-state index in [1.165, 1.54) is 11.8 Å². The Bertz CT molecular complexity index is 683. The lowest BCUT2D eigenvalue weighted by Crippen LogP contribution is -2.38. The number of thioether (sulfide) groups is 1. The van der Waals surface area contributed by atoms with E-state index in [1.54, 1.807) is 0 Å². The van der Waals surface area contributed by atoms with Crippen molar-refractivity contribution in [1.82, 2.24) is 14.8 Å². The largest absolute Gasteiger partial charge is 0.378 e. The summed E-state index contributed by atoms with van der Waals surface area (Å²) < 4.78 is 7.47. The highest BCUT2D eigenvalue weighted by atomic mass is 32.2. The number of nitrogens with zero attached hydrogens (tertiary/aromatic N) is 4. The van der Waals surface area contributed by atoms with Gasteiger partial charge in [0.15, 0.2) is 10.9 Å². The predicted octanol–water partition coefficient (Wildman–Crippen LogP) is 2.50. The molecule has 6 nitrogen and oxygen atoms in total. The molecule has 0 radical (unpaired) electrons. The van der Waals surface area contributed by atoms with Crippen LogP contribution >= 0.6 is 11.8 Å². The quantitative estimate of drug-likeness (QED) is 0.592. The molecule has 128 valence electrons. The van der Waals surface area contributed by atoms with E-state index in [0.717, 1.165) is 36.3 Å². The Labute approximate surface area is 146 Å². The number of hydrogen-bond donors (Lipinski definition) is 0. The Morgan fingerprint density at radius 1 is 1.25 bits per heavy atom. The summed E-state index contributed by atoms with van der Waals surface area (Å²) in [5.41, 5.74) is 0.730. The van der Waals surface area contributed by atoms with E-state index >= 15 is 0 Å². The molecule has 24 heavy (non-hydrogen) atoms. The average molecular weight is 346 g/mol. The molecule has 1 aromatic carbocycles. The van der Waals surface area contributed by atoms with E-state index in [-0.39, 0.29) is 11.0 Å². The first-order valence-electron chi connectivity index (χ1n) is 8.22. The summed E-state index contributed by atoms with van der Waals surface area (Å²) in [6.45, 7) is 7.82. The van der Waals surface area contributed by atoms with Crippen LogP contribution in [0.25, 0.3) is 0 Å². The number of carbonyl (C=O) groups is 1. The number of Topliss-reactive ketones (excluding diaryl/α,β-unsaturated/α-hetero) is 1. The SMILES string of the molecule is CCn1c(SC(C)C(=O)c2ccccc2)nnc1N1CCOCC1. The van der Waals surface area contributed by atoms with E-state index in [2.05, 4.69) is 26.6 Å². The molecule has 1 saturated heterocycles. The number of anilines is 1. The van der Waals surface area contributed by atoms with Crippen molar-refractivity contribution in [2.75, 3.05) is 31.2 Å². The molecule has 3 rings (SSSR count). The van der Waals surface area contributed by atoms with Crippen molar-refractivity contribution in [3.8, 4) is 0 Å². The van der Waals surface area contributed by atoms with Gasteiger partial charge in [0.25, 0.3) is 0 Å². The van der Waals surface area contributed by atoms with Crippen LogP contribution in [-0.4, -0.2) is 52.1 Å². The first kappa shape index (κ1) is 17.0. The van der Waals surface area contributed by atoms with Gasteiger partial charge in [0.1, 0.15) is 0 Å². The number of hydrogen-bond acceptors (Lipinski definition) is 6. The fourth-order valence-electron chi connectivity index (χ4n) is 2.69. The molecule has 0 aliphatic carbocycles. The zero-order valence-corrected chi connectivity index (χ0v) is 14.8. The van der Waals surface area contributed by atoms with E-state index < -0.39 is 0 Å². The third-order valence-electron chi connectivity index (χ3n) is 4.02. The van der Waals surface area contributed by atoms with Crippen LogP contribution in [0, 0.1) is 0 Å². The minimum Gasteiger partial charge on any atom is -0.378 e. The maximum atomic E-state index is 12.6. The number of ether oxygens (including phenoxy) is 1. The van der Waals surface area contributed by atoms with E-state index in [4.69, 9.17) is 4.74 Å². The smallest absolute Gasteiger partial charge is 0.228 e. The minimum atomic E-state index is -0.209. The molecule has 1 fully saturated rings. The molecule has 7 heteroatoms. The Hall–Kier alpha value is -1.86. The monoisotopic (exact) mass is 346 g/mol. The molecule has 1 unspecified atom stereocenters. The number of morpholine rings is 1. The minimum absolute atomic E-state index is 0.110. The molecule has 0 amide bonds. The van der Waals surface area contributed by atoms with Crippen LogP contribution in [0.5, 0.6) is 0 Å². The lowest BCUT2D eigenvalue weighted by atomic mass is 10.1. The summed E-state index contributed by atoms with van der Waals surface area (Å²) in [5, 5.41) is 9.25. The van der Waals surface area contributed by atoms with Crippen molar-refractivity contribution in [3.63, 3.8) is 0 Å². The van der Waals surface area contributed by atoms with E-state index in [1.807, 2.05) is 37.3 Å². The van der Waals surface area contributed by atoms with Crippen molar-refractivity contribution in [2.45, 2.75) is 30.8 Å². The van der Waals surface area contributed by atoms with E-state index in [9.17, 15) is 4.79 Å². The summed E-state index contributed by atoms with van der Waals surface area (Å²) in [4.78, 5) is 14.7. The predicted molar refractivity (Wildman–Crippen MR) is 94.8 cm³/mol. The summed E-state index contributed by atoms with van der Waals surface area (Å²) in [6, 6.07) is 9.38. The van der Waals surface area contributed by atoms with Gasteiger partial charge >= 0.3 is 0 Å². The average Bonchev–Trinajstić information content (AvgIpc) is 3.05. The highest BCUT2D eigenvalue weighted by Gasteiger charge is 2.23. The van der Waals surface area contributed by atoms with Crippen molar-refractivity contribution in [3.05, 3.63) is 35.9 Å². The second kappa shape index (κ2) is 7.81. The first-order valence-corrected chi connectivity index (χ1v) is 9.10. The van der Waals surface area contributed by atoms with Crippen LogP contribution in [0.15, 0.2) is 35.5 Å². The van der Waals surface area contributed by atoms with Gasteiger partial charge in [0, 0.05) is 25.2 Å². The molecular weight excluding hydrogens is 324 g/mol. The van der Waals surface area contributed by atoms with Crippen LogP contribution in [-0.2, 0) is 11.3 Å². The van der Waals surface area contributed by atoms with Gasteiger partial charge in [-0.2, -0.15) is 0 Å². The fraction of sp³-hybridized carbons (Fsp3) is 0.471. The van der Waals surface area contributed by atoms with Crippen molar-refractivity contribution in [2.24, 2.45) is 0 Å². The Kier molecular flexibility index (Phi) is 5.52. The summed E-state index contributed by atoms with van der Waals surface area (Å²) >= 11 is 1.46. The van der Waals surface area contributed by atoms with Crippen LogP contribution in [0.4, 0.5) is 5.95 Å². The highest BCUT2D eigenvalue weighted by Crippen LogP contribution is 2.27. The molecule has 1 aromatic heterocycles. The fourth-order valence-corrected chi connectivity index (χ4v) is 3.68. The molecule has 2 heterocycles. The summed E-state index contributed by atoms with van der Waals surface area (Å²) in [6.07, 6.45) is 0. The third-order valence-corrected chi connectivity index (χ3v) is 5.10. The number of aromatic nitrogens is 3. The Morgan fingerprint density at radius 2 is 1.96 bits per heavy atom. The summed E-state index contributed by atoms with van der Waals surface area (Å²) in [5.74, 6) is 0.974. The van der Waals surface area contributed by atoms with Gasteiger partial charge in [-0.05, 0) is 13.8 Å². The van der Waals surface area contributed by atoms with Crippen molar-refractivity contribution in [1.29, 1.82) is 0 Å². The topological polar surface area (TPSA) is 60.2 Å². The maximum absolute atomic E-state index is 12.6. The Morgan fingerprint density at radius 3 is 2.62 bits per heavy atom. The van der Waals surface area contributed by atoms with Crippen LogP contribution in [0.1, 0.15) is 24.2 Å². The van der Waals surface area contributed by atoms with Gasteiger partial charge in [0.2, 0.25) is 5.95 Å². The lowest BCUT2D eigenvalue weighted by molar-refractivity contribution is 0.0994. The van der Waals surface area contributed by atoms with Gasteiger partial charge < -0.3 is 9.64 Å².